The van der Waals surface area contributed by atoms with E-state index in [2.05, 4.69) is 28.7 Å². The van der Waals surface area contributed by atoms with E-state index in [0.29, 0.717) is 18.3 Å². The Morgan fingerprint density at radius 1 is 1.38 bits per heavy atom. The molecule has 0 unspecified atom stereocenters. The van der Waals surface area contributed by atoms with E-state index in [9.17, 15) is 4.79 Å². The van der Waals surface area contributed by atoms with Crippen LogP contribution >= 0.6 is 11.8 Å². The molecule has 0 saturated heterocycles. The Kier molecular flexibility index (Phi) is 7.25. The molecule has 5 nitrogen and oxygen atoms in total. The second-order valence-corrected chi connectivity index (χ2v) is 6.54. The van der Waals surface area contributed by atoms with Crippen molar-refractivity contribution in [1.29, 1.82) is 0 Å². The van der Waals surface area contributed by atoms with E-state index in [-0.39, 0.29) is 11.9 Å². The Morgan fingerprint density at radius 3 is 2.62 bits per heavy atom. The number of amides is 1. The van der Waals surface area contributed by atoms with Crippen molar-refractivity contribution in [2.45, 2.75) is 52.4 Å². The lowest BCUT2D eigenvalue weighted by Gasteiger charge is -2.17. The first kappa shape index (κ1) is 18.0. The molecule has 21 heavy (non-hydrogen) atoms. The predicted molar refractivity (Wildman–Crippen MR) is 86.7 cm³/mol. The number of carbonyl (C=O) groups excluding carboxylic acids is 1. The van der Waals surface area contributed by atoms with Gasteiger partial charge >= 0.3 is 0 Å². The van der Waals surface area contributed by atoms with E-state index in [0.717, 1.165) is 23.1 Å². The molecule has 1 N–H and O–H groups in total. The number of hydrogen-bond donors (Lipinski definition) is 1. The Hall–Kier alpha value is -1.01. The number of nitrogens with zero attached hydrogens (tertiary/aromatic N) is 2. The summed E-state index contributed by atoms with van der Waals surface area (Å²) >= 11 is 1.48. The summed E-state index contributed by atoms with van der Waals surface area (Å²) in [6, 6.07) is 0.190. The molecule has 0 aliphatic carbocycles. The first-order chi connectivity index (χ1) is 9.86. The van der Waals surface area contributed by atoms with Gasteiger partial charge in [-0.15, -0.1) is 0 Å². The Balaban J connectivity index is 2.62. The largest absolute Gasteiger partial charge is 0.383 e. The Morgan fingerprint density at radius 2 is 2.05 bits per heavy atom. The molecule has 120 valence electrons. The third-order valence-corrected chi connectivity index (χ3v) is 4.64. The van der Waals surface area contributed by atoms with Crippen LogP contribution in [0.15, 0.2) is 5.16 Å². The molecule has 0 aliphatic rings. The maximum Gasteiger partial charge on any atom is 0.230 e. The predicted octanol–water partition coefficient (Wildman–Crippen LogP) is 2.40. The fourth-order valence-electron chi connectivity index (χ4n) is 1.77. The molecule has 0 aliphatic heterocycles. The number of thioether (sulfide) groups is 1. The number of nitrogens with one attached hydrogen (secondary N) is 1. The van der Waals surface area contributed by atoms with Crippen LogP contribution in [0.1, 0.15) is 32.2 Å². The minimum Gasteiger partial charge on any atom is -0.383 e. The fourth-order valence-corrected chi connectivity index (χ4v) is 2.70. The van der Waals surface area contributed by atoms with Gasteiger partial charge in [-0.1, -0.05) is 25.6 Å². The first-order valence-electron chi connectivity index (χ1n) is 7.31. The maximum atomic E-state index is 12.0. The standard InChI is InChI=1S/C15H27N3O2S/c1-10(2)11(3)16-14(19)9-21-15-17-12(4)13(5)18(15)7-8-20-6/h10-11H,7-9H2,1-6H3,(H,16,19)/t11-/m1/s1. The molecule has 1 heterocycles. The number of methoxy groups -OCH3 is 1. The van der Waals surface area contributed by atoms with Crippen LogP contribution in [0.3, 0.4) is 0 Å². The summed E-state index contributed by atoms with van der Waals surface area (Å²) in [6.45, 7) is 11.7. The minimum absolute atomic E-state index is 0.0535. The lowest BCUT2D eigenvalue weighted by Crippen LogP contribution is -2.37. The molecular weight excluding hydrogens is 286 g/mol. The van der Waals surface area contributed by atoms with Crippen molar-refractivity contribution in [2.75, 3.05) is 19.5 Å². The van der Waals surface area contributed by atoms with Crippen LogP contribution in [0.25, 0.3) is 0 Å². The summed E-state index contributed by atoms with van der Waals surface area (Å²) in [7, 11) is 1.69. The number of imidazole rings is 1. The molecule has 0 bridgehead atoms. The first-order valence-corrected chi connectivity index (χ1v) is 8.30. The Bertz CT molecular complexity index is 472. The van der Waals surface area contributed by atoms with Crippen LogP contribution in [-0.2, 0) is 16.1 Å². The third kappa shape index (κ3) is 5.36. The molecule has 0 spiro atoms. The van der Waals surface area contributed by atoms with Gasteiger partial charge in [0.05, 0.1) is 18.1 Å². The minimum atomic E-state index is 0.0535. The zero-order valence-electron chi connectivity index (χ0n) is 13.9. The van der Waals surface area contributed by atoms with E-state index < -0.39 is 0 Å². The van der Waals surface area contributed by atoms with Gasteiger partial charge in [-0.05, 0) is 26.7 Å². The number of ether oxygens (including phenoxy) is 1. The van der Waals surface area contributed by atoms with Gasteiger partial charge in [0, 0.05) is 25.4 Å². The highest BCUT2D eigenvalue weighted by Gasteiger charge is 2.15. The summed E-state index contributed by atoms with van der Waals surface area (Å²) in [5.41, 5.74) is 2.13. The van der Waals surface area contributed by atoms with Crippen molar-refractivity contribution in [3.63, 3.8) is 0 Å². The van der Waals surface area contributed by atoms with Gasteiger partial charge < -0.3 is 14.6 Å². The molecule has 1 aromatic heterocycles. The van der Waals surface area contributed by atoms with Crippen LogP contribution in [0.5, 0.6) is 0 Å². The normalized spacial score (nSPS) is 12.7. The smallest absolute Gasteiger partial charge is 0.230 e. The van der Waals surface area contributed by atoms with Crippen molar-refractivity contribution in [1.82, 2.24) is 14.9 Å². The monoisotopic (exact) mass is 313 g/mol. The van der Waals surface area contributed by atoms with E-state index >= 15 is 0 Å². The number of aryl methyl sites for hydroxylation is 1. The van der Waals surface area contributed by atoms with E-state index in [1.165, 1.54) is 11.8 Å². The highest BCUT2D eigenvalue weighted by molar-refractivity contribution is 7.99. The highest BCUT2D eigenvalue weighted by Crippen LogP contribution is 2.21. The lowest BCUT2D eigenvalue weighted by molar-refractivity contribution is -0.119. The van der Waals surface area contributed by atoms with Crippen LogP contribution in [0, 0.1) is 19.8 Å². The van der Waals surface area contributed by atoms with Gasteiger partial charge in [0.1, 0.15) is 0 Å². The third-order valence-electron chi connectivity index (χ3n) is 3.66. The molecule has 0 saturated carbocycles. The SMILES string of the molecule is COCCn1c(SCC(=O)N[C@H](C)C(C)C)nc(C)c1C. The number of hydrogen-bond acceptors (Lipinski definition) is 4. The van der Waals surface area contributed by atoms with Gasteiger partial charge in [0.15, 0.2) is 5.16 Å². The summed E-state index contributed by atoms with van der Waals surface area (Å²) in [4.78, 5) is 16.5. The molecular formula is C15H27N3O2S. The van der Waals surface area contributed by atoms with Crippen molar-refractivity contribution in [3.05, 3.63) is 11.4 Å². The lowest BCUT2D eigenvalue weighted by atomic mass is 10.1. The van der Waals surface area contributed by atoms with Gasteiger partial charge in [-0.3, -0.25) is 4.79 Å². The molecule has 1 aromatic rings. The molecule has 0 radical (unpaired) electrons. The quantitative estimate of drug-likeness (QED) is 0.749. The average molecular weight is 313 g/mol. The molecule has 1 rings (SSSR count). The van der Waals surface area contributed by atoms with Gasteiger partial charge in [-0.2, -0.15) is 0 Å². The number of aromatic nitrogens is 2. The van der Waals surface area contributed by atoms with Crippen LogP contribution in [-0.4, -0.2) is 41.0 Å². The molecule has 1 atom stereocenters. The van der Waals surface area contributed by atoms with Crippen molar-refractivity contribution in [2.24, 2.45) is 5.92 Å². The second kappa shape index (κ2) is 8.44. The zero-order valence-corrected chi connectivity index (χ0v) is 14.7. The summed E-state index contributed by atoms with van der Waals surface area (Å²) in [6.07, 6.45) is 0. The van der Waals surface area contributed by atoms with Crippen LogP contribution in [0.2, 0.25) is 0 Å². The van der Waals surface area contributed by atoms with Gasteiger partial charge in [0.25, 0.3) is 0 Å². The van der Waals surface area contributed by atoms with Crippen molar-refractivity contribution in [3.8, 4) is 0 Å². The summed E-state index contributed by atoms with van der Waals surface area (Å²) in [5, 5.41) is 3.90. The molecule has 0 aromatic carbocycles. The van der Waals surface area contributed by atoms with E-state index in [1.807, 2.05) is 20.8 Å². The summed E-state index contributed by atoms with van der Waals surface area (Å²) < 4.78 is 7.25. The summed E-state index contributed by atoms with van der Waals surface area (Å²) in [5.74, 6) is 0.879. The molecule has 1 amide bonds. The number of rotatable bonds is 8. The van der Waals surface area contributed by atoms with Gasteiger partial charge in [-0.25, -0.2) is 4.98 Å². The van der Waals surface area contributed by atoms with E-state index in [1.54, 1.807) is 7.11 Å². The topological polar surface area (TPSA) is 56.1 Å². The molecule has 6 heteroatoms. The van der Waals surface area contributed by atoms with Crippen LogP contribution in [0.4, 0.5) is 0 Å². The zero-order chi connectivity index (χ0) is 16.0. The second-order valence-electron chi connectivity index (χ2n) is 5.60. The van der Waals surface area contributed by atoms with Crippen molar-refractivity contribution >= 4 is 17.7 Å². The molecule has 0 fully saturated rings. The fraction of sp³-hybridized carbons (Fsp3) is 0.733. The number of carbonyl (C=O) groups is 1. The Labute approximate surface area is 131 Å². The highest BCUT2D eigenvalue weighted by atomic mass is 32.2. The average Bonchev–Trinajstić information content (AvgIpc) is 2.69. The maximum absolute atomic E-state index is 12.0. The van der Waals surface area contributed by atoms with Crippen LogP contribution < -0.4 is 5.32 Å². The van der Waals surface area contributed by atoms with Crippen molar-refractivity contribution < 1.29 is 9.53 Å². The van der Waals surface area contributed by atoms with Gasteiger partial charge in [0.2, 0.25) is 5.91 Å². The van der Waals surface area contributed by atoms with E-state index in [4.69, 9.17) is 4.74 Å².